The van der Waals surface area contributed by atoms with Crippen molar-refractivity contribution >= 4 is 44.8 Å². The Morgan fingerprint density at radius 2 is 1.56 bits per heavy atom. The lowest BCUT2D eigenvalue weighted by atomic mass is 10.2. The van der Waals surface area contributed by atoms with Gasteiger partial charge in [-0.25, -0.2) is 8.42 Å². The maximum absolute atomic E-state index is 13.4. The first-order valence-corrected chi connectivity index (χ1v) is 12.3. The quantitative estimate of drug-likeness (QED) is 0.400. The van der Waals surface area contributed by atoms with Crippen LogP contribution < -0.4 is 13.8 Å². The van der Waals surface area contributed by atoms with E-state index in [1.807, 2.05) is 6.07 Å². The summed E-state index contributed by atoms with van der Waals surface area (Å²) in [5.41, 5.74) is 1.02. The van der Waals surface area contributed by atoms with E-state index in [-0.39, 0.29) is 27.2 Å². The molecule has 34 heavy (non-hydrogen) atoms. The largest absolute Gasteiger partial charge is 0.493 e. The minimum Gasteiger partial charge on any atom is -0.493 e. The van der Waals surface area contributed by atoms with Crippen LogP contribution in [0.1, 0.15) is 5.56 Å². The van der Waals surface area contributed by atoms with Gasteiger partial charge in [0.15, 0.2) is 11.5 Å². The number of sulfonamides is 1. The van der Waals surface area contributed by atoms with Gasteiger partial charge in [0.05, 0.1) is 34.8 Å². The Labute approximate surface area is 209 Å². The number of benzene rings is 3. The van der Waals surface area contributed by atoms with E-state index in [0.717, 1.165) is 9.87 Å². The Bertz CT molecular complexity index is 1270. The van der Waals surface area contributed by atoms with E-state index in [0.29, 0.717) is 11.5 Å². The Morgan fingerprint density at radius 3 is 2.18 bits per heavy atom. The van der Waals surface area contributed by atoms with Crippen LogP contribution in [0.15, 0.2) is 71.6 Å². The number of ether oxygens (including phenoxy) is 2. The number of methoxy groups -OCH3 is 2. The van der Waals surface area contributed by atoms with Gasteiger partial charge >= 0.3 is 0 Å². The lowest BCUT2D eigenvalue weighted by Crippen LogP contribution is -2.41. The fraction of sp³-hybridized carbons (Fsp3) is 0.208. The van der Waals surface area contributed by atoms with Crippen molar-refractivity contribution in [2.24, 2.45) is 0 Å². The fourth-order valence-electron chi connectivity index (χ4n) is 3.26. The summed E-state index contributed by atoms with van der Waals surface area (Å²) >= 11 is 12.2. The van der Waals surface area contributed by atoms with E-state index >= 15 is 0 Å². The van der Waals surface area contributed by atoms with Crippen LogP contribution in [0.4, 0.5) is 5.69 Å². The molecule has 0 aliphatic carbocycles. The summed E-state index contributed by atoms with van der Waals surface area (Å²) in [7, 11) is 0.609. The van der Waals surface area contributed by atoms with Crippen molar-refractivity contribution in [2.75, 3.05) is 32.1 Å². The molecule has 0 bridgehead atoms. The highest BCUT2D eigenvalue weighted by Crippen LogP contribution is 2.31. The first-order valence-electron chi connectivity index (χ1n) is 10.1. The molecule has 180 valence electrons. The molecular weight excluding hydrogens is 499 g/mol. The van der Waals surface area contributed by atoms with Gasteiger partial charge in [0.2, 0.25) is 5.91 Å². The van der Waals surface area contributed by atoms with Gasteiger partial charge in [-0.1, -0.05) is 47.5 Å². The number of amides is 1. The zero-order valence-electron chi connectivity index (χ0n) is 18.9. The summed E-state index contributed by atoms with van der Waals surface area (Å²) in [5.74, 6) is 0.685. The number of rotatable bonds is 9. The normalized spacial score (nSPS) is 11.1. The standard InChI is InChI=1S/C24H24Cl2N2O5S/c1-27(15-17-9-12-22(32-2)23(13-17)33-3)24(29)16-28(18-10-11-20(25)21(26)14-18)34(30,31)19-7-5-4-6-8-19/h4-14H,15-16H2,1-3H3. The van der Waals surface area contributed by atoms with Crippen LogP contribution in [-0.2, 0) is 21.4 Å². The third kappa shape index (κ3) is 5.75. The van der Waals surface area contributed by atoms with Gasteiger partial charge in [-0.05, 0) is 48.0 Å². The van der Waals surface area contributed by atoms with Gasteiger partial charge in [0, 0.05) is 13.6 Å². The minimum atomic E-state index is -4.06. The number of hydrogen-bond acceptors (Lipinski definition) is 5. The number of likely N-dealkylation sites (N-methyl/N-ethyl adjacent to an activating group) is 1. The zero-order chi connectivity index (χ0) is 24.9. The van der Waals surface area contributed by atoms with Crippen molar-refractivity contribution in [3.8, 4) is 11.5 Å². The molecule has 0 heterocycles. The number of carbonyl (C=O) groups is 1. The molecule has 0 saturated heterocycles. The average molecular weight is 523 g/mol. The first kappa shape index (κ1) is 25.7. The van der Waals surface area contributed by atoms with Crippen molar-refractivity contribution in [3.05, 3.63) is 82.3 Å². The molecule has 0 fully saturated rings. The van der Waals surface area contributed by atoms with Gasteiger partial charge in [-0.15, -0.1) is 0 Å². The molecule has 7 nitrogen and oxygen atoms in total. The molecule has 0 radical (unpaired) electrons. The molecule has 0 aliphatic rings. The van der Waals surface area contributed by atoms with Gasteiger partial charge in [0.25, 0.3) is 10.0 Å². The van der Waals surface area contributed by atoms with E-state index in [2.05, 4.69) is 0 Å². The number of halogens is 2. The number of hydrogen-bond donors (Lipinski definition) is 0. The predicted octanol–water partition coefficient (Wildman–Crippen LogP) is 4.86. The van der Waals surface area contributed by atoms with E-state index in [4.69, 9.17) is 32.7 Å². The summed E-state index contributed by atoms with van der Waals surface area (Å²) in [6.07, 6.45) is 0. The van der Waals surface area contributed by atoms with Crippen LogP contribution in [0.2, 0.25) is 10.0 Å². The van der Waals surface area contributed by atoms with Crippen LogP contribution in [0.3, 0.4) is 0 Å². The molecule has 1 amide bonds. The van der Waals surface area contributed by atoms with E-state index in [9.17, 15) is 13.2 Å². The molecule has 3 aromatic rings. The number of nitrogens with zero attached hydrogens (tertiary/aromatic N) is 2. The van der Waals surface area contributed by atoms with Crippen LogP contribution in [0.5, 0.6) is 11.5 Å². The second-order valence-electron chi connectivity index (χ2n) is 7.36. The van der Waals surface area contributed by atoms with Gasteiger partial charge in [-0.2, -0.15) is 0 Å². The molecule has 0 saturated carbocycles. The van der Waals surface area contributed by atoms with Crippen molar-refractivity contribution in [3.63, 3.8) is 0 Å². The van der Waals surface area contributed by atoms with E-state index in [1.54, 1.807) is 37.4 Å². The molecule has 0 unspecified atom stereocenters. The summed E-state index contributed by atoms with van der Waals surface area (Å²) in [5, 5.41) is 0.456. The summed E-state index contributed by atoms with van der Waals surface area (Å²) in [4.78, 5) is 14.6. The summed E-state index contributed by atoms with van der Waals surface area (Å²) in [6.45, 7) is -0.196. The van der Waals surface area contributed by atoms with Crippen molar-refractivity contribution in [2.45, 2.75) is 11.4 Å². The molecule has 0 atom stereocenters. The number of anilines is 1. The van der Waals surface area contributed by atoms with Crippen LogP contribution in [0.25, 0.3) is 0 Å². The average Bonchev–Trinajstić information content (AvgIpc) is 2.84. The Balaban J connectivity index is 1.90. The van der Waals surface area contributed by atoms with Crippen LogP contribution in [0, 0.1) is 0 Å². The maximum atomic E-state index is 13.4. The zero-order valence-corrected chi connectivity index (χ0v) is 21.2. The smallest absolute Gasteiger partial charge is 0.264 e. The molecule has 0 aromatic heterocycles. The van der Waals surface area contributed by atoms with Gasteiger partial charge in [0.1, 0.15) is 6.54 Å². The molecule has 0 aliphatic heterocycles. The minimum absolute atomic E-state index is 0.0522. The van der Waals surface area contributed by atoms with Crippen LogP contribution >= 0.6 is 23.2 Å². The van der Waals surface area contributed by atoms with Gasteiger partial charge in [-0.3, -0.25) is 9.10 Å². The monoisotopic (exact) mass is 522 g/mol. The topological polar surface area (TPSA) is 76.2 Å². The lowest BCUT2D eigenvalue weighted by molar-refractivity contribution is -0.128. The highest BCUT2D eigenvalue weighted by atomic mass is 35.5. The van der Waals surface area contributed by atoms with E-state index < -0.39 is 22.5 Å². The fourth-order valence-corrected chi connectivity index (χ4v) is 4.98. The SMILES string of the molecule is COc1ccc(CN(C)C(=O)CN(c2ccc(Cl)c(Cl)c2)S(=O)(=O)c2ccccc2)cc1OC. The third-order valence-corrected chi connectivity index (χ3v) is 7.62. The molecule has 3 rings (SSSR count). The molecular formula is C24H24Cl2N2O5S. The maximum Gasteiger partial charge on any atom is 0.264 e. The summed E-state index contributed by atoms with van der Waals surface area (Å²) in [6, 6.07) is 17.6. The highest BCUT2D eigenvalue weighted by Gasteiger charge is 2.28. The molecule has 0 N–H and O–H groups in total. The summed E-state index contributed by atoms with van der Waals surface area (Å²) < 4.78 is 38.5. The highest BCUT2D eigenvalue weighted by molar-refractivity contribution is 7.92. The van der Waals surface area contributed by atoms with E-state index in [1.165, 1.54) is 49.5 Å². The van der Waals surface area contributed by atoms with Crippen molar-refractivity contribution in [1.29, 1.82) is 0 Å². The van der Waals surface area contributed by atoms with Gasteiger partial charge < -0.3 is 14.4 Å². The van der Waals surface area contributed by atoms with Crippen molar-refractivity contribution < 1.29 is 22.7 Å². The molecule has 3 aromatic carbocycles. The first-order chi connectivity index (χ1) is 16.2. The Morgan fingerprint density at radius 1 is 0.882 bits per heavy atom. The number of carbonyl (C=O) groups excluding carboxylic acids is 1. The van der Waals surface area contributed by atoms with Crippen molar-refractivity contribution in [1.82, 2.24) is 4.90 Å². The van der Waals surface area contributed by atoms with Crippen LogP contribution in [-0.4, -0.2) is 47.0 Å². The Kier molecular flexibility index (Phi) is 8.30. The molecule has 0 spiro atoms. The lowest BCUT2D eigenvalue weighted by Gasteiger charge is -2.27. The second kappa shape index (κ2) is 11.0. The molecule has 10 heteroatoms. The second-order valence-corrected chi connectivity index (χ2v) is 10.0. The Hall–Kier alpha value is -2.94. The third-order valence-electron chi connectivity index (χ3n) is 5.09. The predicted molar refractivity (Wildman–Crippen MR) is 133 cm³/mol.